The second kappa shape index (κ2) is 19.2. The van der Waals surface area contributed by atoms with Gasteiger partial charge >= 0.3 is 0 Å². The van der Waals surface area contributed by atoms with E-state index in [1.807, 2.05) is 0 Å². The first-order chi connectivity index (χ1) is 42.7. The van der Waals surface area contributed by atoms with Gasteiger partial charge in [-0.2, -0.15) is 0 Å². The Kier molecular flexibility index (Phi) is 10.8. The van der Waals surface area contributed by atoms with Gasteiger partial charge in [0.05, 0.1) is 16.7 Å². The second-order valence-corrected chi connectivity index (χ2v) is 23.1. The van der Waals surface area contributed by atoms with Crippen LogP contribution >= 0.6 is 0 Å². The third-order valence-corrected chi connectivity index (χ3v) is 18.5. The predicted molar refractivity (Wildman–Crippen MR) is 367 cm³/mol. The highest BCUT2D eigenvalue weighted by Crippen LogP contribution is 2.51. The molecule has 15 aromatic carbocycles. The maximum Gasteiger partial charge on any atom is 0.252 e. The maximum atomic E-state index is 2.66. The molecule has 4 heteroatoms. The Morgan fingerprint density at radius 3 is 0.872 bits per heavy atom. The van der Waals surface area contributed by atoms with E-state index in [1.165, 1.54) is 126 Å². The molecule has 0 unspecified atom stereocenters. The van der Waals surface area contributed by atoms with Gasteiger partial charge in [0.15, 0.2) is 0 Å². The first-order valence-electron chi connectivity index (χ1n) is 29.9. The third-order valence-electron chi connectivity index (χ3n) is 18.5. The number of benzene rings is 15. The molecule has 398 valence electrons. The van der Waals surface area contributed by atoms with Crippen LogP contribution in [0.5, 0.6) is 0 Å². The van der Waals surface area contributed by atoms with Crippen molar-refractivity contribution in [2.75, 3.05) is 9.80 Å². The number of anilines is 6. The number of fused-ring (bicyclic) bond motifs is 17. The predicted octanol–water partition coefficient (Wildman–Crippen LogP) is 20.1. The fourth-order valence-electron chi connectivity index (χ4n) is 14.8. The topological polar surface area (TPSA) is 11.4 Å². The van der Waals surface area contributed by atoms with Gasteiger partial charge in [-0.15, -0.1) is 0 Å². The zero-order chi connectivity index (χ0) is 56.4. The summed E-state index contributed by atoms with van der Waals surface area (Å²) in [7, 11) is 0. The van der Waals surface area contributed by atoms with E-state index in [2.05, 4.69) is 330 Å². The van der Waals surface area contributed by atoms with Crippen LogP contribution in [-0.4, -0.2) is 11.3 Å². The highest BCUT2D eigenvalue weighted by molar-refractivity contribution is 7.00. The Hall–Kier alpha value is -11.2. The average Bonchev–Trinajstić information content (AvgIpc) is 1.38. The van der Waals surface area contributed by atoms with Gasteiger partial charge < -0.3 is 14.4 Å². The lowest BCUT2D eigenvalue weighted by atomic mass is 9.33. The van der Waals surface area contributed by atoms with Crippen molar-refractivity contribution in [3.8, 4) is 50.2 Å². The highest BCUT2D eigenvalue weighted by atomic mass is 15.2. The van der Waals surface area contributed by atoms with Gasteiger partial charge in [0.1, 0.15) is 0 Å². The smallest absolute Gasteiger partial charge is 0.252 e. The molecule has 0 aliphatic carbocycles. The largest absolute Gasteiger partial charge is 0.311 e. The van der Waals surface area contributed by atoms with Crippen molar-refractivity contribution in [2.24, 2.45) is 0 Å². The molecule has 0 amide bonds. The average molecular weight is 1090 g/mol. The van der Waals surface area contributed by atoms with E-state index < -0.39 is 0 Å². The summed E-state index contributed by atoms with van der Waals surface area (Å²) in [5.74, 6) is 0. The minimum Gasteiger partial charge on any atom is -0.311 e. The summed E-state index contributed by atoms with van der Waals surface area (Å²) < 4.78 is 2.66. The minimum atomic E-state index is -0.154. The lowest BCUT2D eigenvalue weighted by Gasteiger charge is -2.44. The van der Waals surface area contributed by atoms with Crippen LogP contribution < -0.4 is 26.2 Å². The molecule has 0 saturated heterocycles. The van der Waals surface area contributed by atoms with E-state index in [0.29, 0.717) is 0 Å². The molecule has 86 heavy (non-hydrogen) atoms. The van der Waals surface area contributed by atoms with Gasteiger partial charge in [0.2, 0.25) is 0 Å². The van der Waals surface area contributed by atoms with Crippen molar-refractivity contribution in [1.29, 1.82) is 0 Å². The summed E-state index contributed by atoms with van der Waals surface area (Å²) in [6.07, 6.45) is 0. The van der Waals surface area contributed by atoms with Crippen molar-refractivity contribution in [3.05, 3.63) is 315 Å². The SMILES string of the molecule is c1ccc(-c2ccc(N3c4ccc(-c5ccccc5)cc4B4c5cc(-c6ccccc6)ccc5N(c5ccc(-c6ccccc6)cc5)c5cc(-n6c7c8ccccc8c8ccccc8c7c7c8ccccc8c8ccccc8c76)cc3c54)cc2)cc1. The molecular weight excluding hydrogens is 1040 g/mol. The Morgan fingerprint density at radius 2 is 0.500 bits per heavy atom. The van der Waals surface area contributed by atoms with Gasteiger partial charge in [-0.05, 0) is 142 Å². The number of rotatable bonds is 7. The molecule has 0 spiro atoms. The van der Waals surface area contributed by atoms with E-state index in [9.17, 15) is 0 Å². The van der Waals surface area contributed by atoms with Crippen molar-refractivity contribution < 1.29 is 0 Å². The Balaban J connectivity index is 1.02. The molecule has 0 atom stereocenters. The quantitative estimate of drug-likeness (QED) is 0.116. The summed E-state index contributed by atoms with van der Waals surface area (Å²) in [5.41, 5.74) is 23.5. The molecule has 3 heterocycles. The molecule has 16 aromatic rings. The summed E-state index contributed by atoms with van der Waals surface area (Å²) in [6.45, 7) is -0.154. The van der Waals surface area contributed by atoms with Gasteiger partial charge in [-0.3, -0.25) is 0 Å². The van der Waals surface area contributed by atoms with E-state index in [1.54, 1.807) is 0 Å². The van der Waals surface area contributed by atoms with Crippen LogP contribution in [-0.2, 0) is 0 Å². The second-order valence-electron chi connectivity index (χ2n) is 23.1. The molecule has 0 bridgehead atoms. The number of nitrogens with zero attached hydrogens (tertiary/aromatic N) is 3. The molecule has 3 nitrogen and oxygen atoms in total. The zero-order valence-electron chi connectivity index (χ0n) is 46.9. The van der Waals surface area contributed by atoms with Crippen LogP contribution in [0.15, 0.2) is 315 Å². The van der Waals surface area contributed by atoms with E-state index in [0.717, 1.165) is 39.8 Å². The molecule has 0 N–H and O–H groups in total. The summed E-state index contributed by atoms with van der Waals surface area (Å²) in [6, 6.07) is 118. The van der Waals surface area contributed by atoms with Crippen LogP contribution in [0.2, 0.25) is 0 Å². The number of hydrogen-bond acceptors (Lipinski definition) is 2. The number of hydrogen-bond donors (Lipinski definition) is 0. The van der Waals surface area contributed by atoms with Crippen LogP contribution in [0, 0.1) is 0 Å². The first-order valence-corrected chi connectivity index (χ1v) is 29.9. The fraction of sp³-hybridized carbons (Fsp3) is 0. The molecular formula is C82H52BN3. The molecule has 0 radical (unpaired) electrons. The van der Waals surface area contributed by atoms with E-state index in [-0.39, 0.29) is 6.71 Å². The summed E-state index contributed by atoms with van der Waals surface area (Å²) in [5, 5.41) is 12.4. The van der Waals surface area contributed by atoms with Gasteiger partial charge in [0.25, 0.3) is 6.71 Å². The Bertz CT molecular complexity index is 5060. The lowest BCUT2D eigenvalue weighted by molar-refractivity contribution is 1.17. The molecule has 2 aliphatic heterocycles. The standard InChI is InChI=1S/C82H52BN3/c1-5-21-53(22-6-1)57-37-43-61(44-38-57)84-74-47-41-59(55-25-9-3-10-26-55)49-72(74)83-73-50-60(56-27-11-4-12-28-56)42-48-75(73)85(62-45-39-58(40-46-62)54-23-7-2-8-24-54)77-52-63(51-76(84)80(77)83)86-81-70-35-19-15-31-66(70)64-29-13-17-33-68(64)78(81)79-69-34-18-14-30-65(69)67-32-16-20-36-71(67)82(79)86/h1-52H. The molecule has 1 aromatic heterocycles. The van der Waals surface area contributed by atoms with Crippen molar-refractivity contribution in [3.63, 3.8) is 0 Å². The number of aromatic nitrogens is 1. The third kappa shape index (κ3) is 7.30. The van der Waals surface area contributed by atoms with E-state index in [4.69, 9.17) is 0 Å². The normalized spacial score (nSPS) is 12.6. The van der Waals surface area contributed by atoms with Crippen LogP contribution in [0.25, 0.3) is 115 Å². The zero-order valence-corrected chi connectivity index (χ0v) is 46.9. The van der Waals surface area contributed by atoms with Gasteiger partial charge in [0, 0.05) is 55.7 Å². The Morgan fingerprint density at radius 1 is 0.209 bits per heavy atom. The molecule has 0 fully saturated rings. The van der Waals surface area contributed by atoms with Crippen molar-refractivity contribution in [1.82, 2.24) is 4.57 Å². The van der Waals surface area contributed by atoms with Crippen LogP contribution in [0.4, 0.5) is 34.1 Å². The van der Waals surface area contributed by atoms with Crippen LogP contribution in [0.3, 0.4) is 0 Å². The molecule has 18 rings (SSSR count). The Labute approximate surface area is 499 Å². The summed E-state index contributed by atoms with van der Waals surface area (Å²) in [4.78, 5) is 5.16. The molecule has 0 saturated carbocycles. The minimum absolute atomic E-state index is 0.154. The van der Waals surface area contributed by atoms with Gasteiger partial charge in [-0.25, -0.2) is 0 Å². The van der Waals surface area contributed by atoms with Crippen LogP contribution in [0.1, 0.15) is 0 Å². The first kappa shape index (κ1) is 48.3. The van der Waals surface area contributed by atoms with Crippen molar-refractivity contribution in [2.45, 2.75) is 0 Å². The monoisotopic (exact) mass is 1090 g/mol. The van der Waals surface area contributed by atoms with E-state index >= 15 is 0 Å². The highest BCUT2D eigenvalue weighted by Gasteiger charge is 2.44. The fourth-order valence-corrected chi connectivity index (χ4v) is 14.8. The summed E-state index contributed by atoms with van der Waals surface area (Å²) >= 11 is 0. The molecule has 2 aliphatic rings. The lowest BCUT2D eigenvalue weighted by Crippen LogP contribution is -2.61. The maximum absolute atomic E-state index is 2.66. The van der Waals surface area contributed by atoms with Crippen molar-refractivity contribution >= 4 is 122 Å². The van der Waals surface area contributed by atoms with Gasteiger partial charge in [-0.1, -0.05) is 267 Å².